The van der Waals surface area contributed by atoms with Crippen LogP contribution < -0.4 is 0 Å². The third-order valence-corrected chi connectivity index (χ3v) is 6.02. The smallest absolute Gasteiger partial charge is 0.377 e. The lowest BCUT2D eigenvalue weighted by Gasteiger charge is -2.28. The summed E-state index contributed by atoms with van der Waals surface area (Å²) >= 11 is 0. The molecule has 0 unspecified atom stereocenters. The molecule has 6 heteroatoms. The van der Waals surface area contributed by atoms with Crippen molar-refractivity contribution >= 4 is 8.80 Å². The molecule has 1 rings (SSSR count). The van der Waals surface area contributed by atoms with E-state index in [-0.39, 0.29) is 6.10 Å². The van der Waals surface area contributed by atoms with Crippen LogP contribution in [-0.2, 0) is 19.7 Å². The van der Waals surface area contributed by atoms with Gasteiger partial charge in [0.2, 0.25) is 0 Å². The Balaban J connectivity index is 2.60. The average molecular weight is 304 g/mol. The monoisotopic (exact) mass is 304 g/mol. The third-order valence-electron chi connectivity index (χ3n) is 2.98. The fraction of sp³-hybridized carbons (Fsp3) is 0.571. The molecule has 0 atom stereocenters. The molecular weight excluding hydrogens is 282 g/mol. The van der Waals surface area contributed by atoms with Crippen LogP contribution in [0.2, 0.25) is 6.04 Å². The van der Waals surface area contributed by atoms with E-state index in [0.717, 1.165) is 6.07 Å². The van der Waals surface area contributed by atoms with E-state index in [4.69, 9.17) is 13.3 Å². The van der Waals surface area contributed by atoms with Crippen LogP contribution in [0.1, 0.15) is 25.8 Å². The molecule has 0 bridgehead atoms. The topological polar surface area (TPSA) is 27.7 Å². The first-order valence-corrected chi connectivity index (χ1v) is 8.57. The molecule has 0 fully saturated rings. The van der Waals surface area contributed by atoms with Gasteiger partial charge in [0.1, 0.15) is 11.6 Å². The van der Waals surface area contributed by atoms with Crippen LogP contribution in [0, 0.1) is 11.6 Å². The first-order valence-electron chi connectivity index (χ1n) is 6.64. The lowest BCUT2D eigenvalue weighted by Crippen LogP contribution is -2.45. The SMILES string of the molecule is CO[Si](CCCc1ccc(F)cc1F)(OC)OC(C)C. The molecule has 0 aliphatic heterocycles. The molecule has 0 N–H and O–H groups in total. The van der Waals surface area contributed by atoms with Gasteiger partial charge in [-0.1, -0.05) is 6.07 Å². The summed E-state index contributed by atoms with van der Waals surface area (Å²) in [5, 5.41) is 0. The number of benzene rings is 1. The molecule has 0 aliphatic carbocycles. The second-order valence-corrected chi connectivity index (χ2v) is 7.77. The predicted octanol–water partition coefficient (Wildman–Crippen LogP) is 3.55. The van der Waals surface area contributed by atoms with Crippen molar-refractivity contribution in [2.24, 2.45) is 0 Å². The van der Waals surface area contributed by atoms with E-state index in [0.29, 0.717) is 24.4 Å². The van der Waals surface area contributed by atoms with Gasteiger partial charge in [0.25, 0.3) is 0 Å². The van der Waals surface area contributed by atoms with Crippen LogP contribution in [0.5, 0.6) is 0 Å². The van der Waals surface area contributed by atoms with Crippen molar-refractivity contribution in [3.63, 3.8) is 0 Å². The Morgan fingerprint density at radius 3 is 2.30 bits per heavy atom. The summed E-state index contributed by atoms with van der Waals surface area (Å²) in [4.78, 5) is 0. The van der Waals surface area contributed by atoms with Gasteiger partial charge in [-0.15, -0.1) is 0 Å². The van der Waals surface area contributed by atoms with Crippen LogP contribution in [0.25, 0.3) is 0 Å². The molecule has 0 heterocycles. The van der Waals surface area contributed by atoms with Crippen molar-refractivity contribution in [2.75, 3.05) is 14.2 Å². The summed E-state index contributed by atoms with van der Waals surface area (Å²) in [6, 6.07) is 4.23. The molecule has 1 aromatic rings. The highest BCUT2D eigenvalue weighted by atomic mass is 28.4. The second kappa shape index (κ2) is 7.83. The molecule has 0 spiro atoms. The number of aryl methyl sites for hydroxylation is 1. The van der Waals surface area contributed by atoms with E-state index in [2.05, 4.69) is 0 Å². The maximum Gasteiger partial charge on any atom is 0.500 e. The second-order valence-electron chi connectivity index (χ2n) is 4.85. The summed E-state index contributed by atoms with van der Waals surface area (Å²) < 4.78 is 43.0. The maximum atomic E-state index is 13.5. The Morgan fingerprint density at radius 1 is 1.15 bits per heavy atom. The molecule has 20 heavy (non-hydrogen) atoms. The summed E-state index contributed by atoms with van der Waals surface area (Å²) in [6.45, 7) is 3.83. The Hall–Kier alpha value is -0.823. The summed E-state index contributed by atoms with van der Waals surface area (Å²) in [7, 11) is 0.447. The van der Waals surface area contributed by atoms with Crippen molar-refractivity contribution in [3.05, 3.63) is 35.4 Å². The highest BCUT2D eigenvalue weighted by Gasteiger charge is 2.39. The first kappa shape index (κ1) is 17.2. The van der Waals surface area contributed by atoms with E-state index >= 15 is 0 Å². The van der Waals surface area contributed by atoms with Gasteiger partial charge in [-0.3, -0.25) is 0 Å². The fourth-order valence-corrected chi connectivity index (χ4v) is 4.23. The van der Waals surface area contributed by atoms with Crippen molar-refractivity contribution in [1.29, 1.82) is 0 Å². The zero-order valence-electron chi connectivity index (χ0n) is 12.4. The zero-order chi connectivity index (χ0) is 15.2. The van der Waals surface area contributed by atoms with Crippen molar-refractivity contribution < 1.29 is 22.1 Å². The maximum absolute atomic E-state index is 13.5. The van der Waals surface area contributed by atoms with E-state index in [1.807, 2.05) is 13.8 Å². The molecule has 114 valence electrons. The first-order chi connectivity index (χ1) is 9.42. The average Bonchev–Trinajstić information content (AvgIpc) is 2.39. The van der Waals surface area contributed by atoms with Gasteiger partial charge < -0.3 is 13.3 Å². The van der Waals surface area contributed by atoms with Crippen LogP contribution in [0.4, 0.5) is 8.78 Å². The van der Waals surface area contributed by atoms with Crippen molar-refractivity contribution in [1.82, 2.24) is 0 Å². The van der Waals surface area contributed by atoms with Crippen molar-refractivity contribution in [2.45, 2.75) is 38.8 Å². The van der Waals surface area contributed by atoms with E-state index in [1.165, 1.54) is 12.1 Å². The molecule has 1 aromatic carbocycles. The van der Waals surface area contributed by atoms with Gasteiger partial charge in [0.15, 0.2) is 0 Å². The van der Waals surface area contributed by atoms with Gasteiger partial charge in [0, 0.05) is 32.4 Å². The highest BCUT2D eigenvalue weighted by molar-refractivity contribution is 6.60. The largest absolute Gasteiger partial charge is 0.500 e. The molecule has 0 saturated carbocycles. The normalized spacial score (nSPS) is 12.2. The van der Waals surface area contributed by atoms with Gasteiger partial charge in [0.05, 0.1) is 0 Å². The summed E-state index contributed by atoms with van der Waals surface area (Å²) in [5.41, 5.74) is 0.492. The Morgan fingerprint density at radius 2 is 1.80 bits per heavy atom. The standard InChI is InChI=1S/C14H22F2O3Si/c1-11(2)19-20(17-3,18-4)9-5-6-12-7-8-13(15)10-14(12)16/h7-8,10-11H,5-6,9H2,1-4H3. The van der Waals surface area contributed by atoms with Gasteiger partial charge in [-0.25, -0.2) is 8.78 Å². The number of hydrogen-bond donors (Lipinski definition) is 0. The molecule has 3 nitrogen and oxygen atoms in total. The Kier molecular flexibility index (Phi) is 6.74. The van der Waals surface area contributed by atoms with Crippen LogP contribution in [0.15, 0.2) is 18.2 Å². The van der Waals surface area contributed by atoms with Crippen LogP contribution >= 0.6 is 0 Å². The number of halogens is 2. The quantitative estimate of drug-likeness (QED) is 0.687. The third kappa shape index (κ3) is 4.94. The summed E-state index contributed by atoms with van der Waals surface area (Å²) in [5.74, 6) is -1.08. The van der Waals surface area contributed by atoms with E-state index in [9.17, 15) is 8.78 Å². The molecular formula is C14H22F2O3Si. The van der Waals surface area contributed by atoms with Gasteiger partial charge in [-0.05, 0) is 38.3 Å². The minimum Gasteiger partial charge on any atom is -0.377 e. The fourth-order valence-electron chi connectivity index (χ4n) is 2.02. The zero-order valence-corrected chi connectivity index (χ0v) is 13.4. The lowest BCUT2D eigenvalue weighted by molar-refractivity contribution is 0.0695. The number of rotatable bonds is 8. The molecule has 0 aromatic heterocycles. The molecule has 0 aliphatic rings. The highest BCUT2D eigenvalue weighted by Crippen LogP contribution is 2.21. The summed E-state index contributed by atoms with van der Waals surface area (Å²) in [6.07, 6.45) is 1.15. The van der Waals surface area contributed by atoms with E-state index in [1.54, 1.807) is 14.2 Å². The van der Waals surface area contributed by atoms with E-state index < -0.39 is 20.4 Å². The predicted molar refractivity (Wildman–Crippen MR) is 75.5 cm³/mol. The molecule has 0 amide bonds. The van der Waals surface area contributed by atoms with Gasteiger partial charge >= 0.3 is 8.80 Å². The van der Waals surface area contributed by atoms with Crippen LogP contribution in [-0.4, -0.2) is 29.1 Å². The minimum absolute atomic E-state index is 0.00382. The molecule has 0 radical (unpaired) electrons. The molecule has 0 saturated heterocycles. The van der Waals surface area contributed by atoms with Crippen LogP contribution in [0.3, 0.4) is 0 Å². The van der Waals surface area contributed by atoms with Crippen molar-refractivity contribution in [3.8, 4) is 0 Å². The lowest BCUT2D eigenvalue weighted by atomic mass is 10.1. The Labute approximate surface area is 120 Å². The Bertz CT molecular complexity index is 423. The van der Waals surface area contributed by atoms with Gasteiger partial charge in [-0.2, -0.15) is 0 Å². The minimum atomic E-state index is -2.69. The number of hydrogen-bond acceptors (Lipinski definition) is 3.